The lowest BCUT2D eigenvalue weighted by molar-refractivity contribution is -0.0406. The lowest BCUT2D eigenvalue weighted by atomic mass is 9.87. The van der Waals surface area contributed by atoms with Crippen LogP contribution in [-0.2, 0) is 4.74 Å². The predicted octanol–water partition coefficient (Wildman–Crippen LogP) is -0.861. The first-order chi connectivity index (χ1) is 9.36. The van der Waals surface area contributed by atoms with Gasteiger partial charge in [-0.15, -0.1) is 17.9 Å². The second kappa shape index (κ2) is 5.15. The number of nitrogens with two attached hydrogens (primary N) is 2. The summed E-state index contributed by atoms with van der Waals surface area (Å²) in [6.45, 7) is 3.01. The quantitative estimate of drug-likeness (QED) is 0.458. The largest absolute Gasteiger partial charge is 0.397 e. The van der Waals surface area contributed by atoms with Crippen molar-refractivity contribution in [3.63, 3.8) is 0 Å². The zero-order chi connectivity index (χ0) is 15.1. The van der Waals surface area contributed by atoms with E-state index in [4.69, 9.17) is 21.3 Å². The highest BCUT2D eigenvalue weighted by molar-refractivity contribution is 7.12. The van der Waals surface area contributed by atoms with E-state index in [0.717, 1.165) is 17.4 Å². The third-order valence-corrected chi connectivity index (χ3v) is 4.46. The fourth-order valence-corrected chi connectivity index (χ4v) is 3.13. The van der Waals surface area contributed by atoms with Gasteiger partial charge in [0.1, 0.15) is 28.8 Å². The molecular weight excluding hydrogens is 284 g/mol. The Morgan fingerprint density at radius 2 is 2.30 bits per heavy atom. The maximum Gasteiger partial charge on any atom is 0.260 e. The van der Waals surface area contributed by atoms with Gasteiger partial charge in [0.25, 0.3) is 5.91 Å². The van der Waals surface area contributed by atoms with Crippen molar-refractivity contribution in [3.05, 3.63) is 28.5 Å². The van der Waals surface area contributed by atoms with Crippen molar-refractivity contribution in [2.45, 2.75) is 23.9 Å². The van der Waals surface area contributed by atoms with E-state index in [0.29, 0.717) is 5.56 Å². The van der Waals surface area contributed by atoms with Gasteiger partial charge in [-0.05, 0) is 5.38 Å². The lowest BCUT2D eigenvalue weighted by Gasteiger charge is -2.27. The van der Waals surface area contributed by atoms with E-state index in [1.807, 2.05) is 0 Å². The summed E-state index contributed by atoms with van der Waals surface area (Å²) in [5.41, 5.74) is 9.64. The molecule has 1 fully saturated rings. The average Bonchev–Trinajstić information content (AvgIpc) is 2.90. The molecular formula is C12H16N2O5S. The molecule has 0 radical (unpaired) electrons. The highest BCUT2D eigenvalue weighted by Crippen LogP contribution is 2.46. The van der Waals surface area contributed by atoms with Gasteiger partial charge in [0.15, 0.2) is 0 Å². The van der Waals surface area contributed by atoms with Crippen LogP contribution in [0.2, 0.25) is 0 Å². The number of ether oxygens (including phenoxy) is 1. The Morgan fingerprint density at radius 3 is 2.75 bits per heavy atom. The Balaban J connectivity index is 2.46. The van der Waals surface area contributed by atoms with Gasteiger partial charge >= 0.3 is 0 Å². The van der Waals surface area contributed by atoms with Gasteiger partial charge in [-0.25, -0.2) is 0 Å². The zero-order valence-corrected chi connectivity index (χ0v) is 11.3. The lowest BCUT2D eigenvalue weighted by Crippen LogP contribution is -2.44. The van der Waals surface area contributed by atoms with Crippen LogP contribution in [0.3, 0.4) is 0 Å². The number of thiophene rings is 1. The molecule has 2 heterocycles. The summed E-state index contributed by atoms with van der Waals surface area (Å²) in [6, 6.07) is 0. The molecule has 0 aliphatic carbocycles. The minimum Gasteiger partial charge on any atom is -0.397 e. The number of aliphatic hydroxyl groups excluding tert-OH is 2. The van der Waals surface area contributed by atoms with Gasteiger partial charge < -0.3 is 31.5 Å². The zero-order valence-electron chi connectivity index (χ0n) is 10.5. The third kappa shape index (κ3) is 2.02. The highest BCUT2D eigenvalue weighted by Gasteiger charge is 2.54. The molecule has 110 valence electrons. The molecule has 0 bridgehead atoms. The van der Waals surface area contributed by atoms with Crippen LogP contribution in [0.15, 0.2) is 18.0 Å². The van der Waals surface area contributed by atoms with Gasteiger partial charge in [0.2, 0.25) is 0 Å². The Bertz CT molecular complexity index is 546. The van der Waals surface area contributed by atoms with Crippen molar-refractivity contribution in [1.82, 2.24) is 0 Å². The number of carbonyl (C=O) groups excluding carboxylic acids is 1. The Labute approximate surface area is 119 Å². The first-order valence-corrected chi connectivity index (χ1v) is 6.71. The summed E-state index contributed by atoms with van der Waals surface area (Å²) in [7, 11) is 0. The first kappa shape index (κ1) is 14.9. The predicted molar refractivity (Wildman–Crippen MR) is 73.1 cm³/mol. The van der Waals surface area contributed by atoms with Gasteiger partial charge in [-0.2, -0.15) is 0 Å². The van der Waals surface area contributed by atoms with E-state index in [-0.39, 0.29) is 10.6 Å². The molecule has 1 amide bonds. The van der Waals surface area contributed by atoms with Crippen LogP contribution in [-0.4, -0.2) is 45.6 Å². The van der Waals surface area contributed by atoms with Gasteiger partial charge in [0.05, 0.1) is 12.3 Å². The van der Waals surface area contributed by atoms with E-state index in [1.165, 1.54) is 5.38 Å². The SMILES string of the molecule is C=C[C@@]1(O)[C@H](O)[C@@H](CO)O[C@H]1c1csc(C(N)=O)c1N. The highest BCUT2D eigenvalue weighted by atomic mass is 32.1. The molecule has 7 N–H and O–H groups in total. The summed E-state index contributed by atoms with van der Waals surface area (Å²) < 4.78 is 5.44. The number of carbonyl (C=O) groups is 1. The molecule has 20 heavy (non-hydrogen) atoms. The molecule has 1 aliphatic heterocycles. The summed E-state index contributed by atoms with van der Waals surface area (Å²) in [6.07, 6.45) is -2.22. The summed E-state index contributed by atoms with van der Waals surface area (Å²) in [5, 5.41) is 31.2. The Hall–Kier alpha value is -1.45. The van der Waals surface area contributed by atoms with Gasteiger partial charge in [-0.3, -0.25) is 4.79 Å². The third-order valence-electron chi connectivity index (χ3n) is 3.43. The van der Waals surface area contributed by atoms with Crippen LogP contribution in [0.4, 0.5) is 5.69 Å². The number of hydrogen-bond donors (Lipinski definition) is 5. The van der Waals surface area contributed by atoms with Crippen LogP contribution in [0, 0.1) is 0 Å². The van der Waals surface area contributed by atoms with Crippen LogP contribution in [0.25, 0.3) is 0 Å². The first-order valence-electron chi connectivity index (χ1n) is 5.83. The topological polar surface area (TPSA) is 139 Å². The monoisotopic (exact) mass is 300 g/mol. The van der Waals surface area contributed by atoms with E-state index in [1.54, 1.807) is 0 Å². The Morgan fingerprint density at radius 1 is 1.65 bits per heavy atom. The van der Waals surface area contributed by atoms with Crippen LogP contribution < -0.4 is 11.5 Å². The number of anilines is 1. The number of aliphatic hydroxyl groups is 3. The molecule has 0 aromatic carbocycles. The second-order valence-electron chi connectivity index (χ2n) is 4.57. The molecule has 0 unspecified atom stereocenters. The second-order valence-corrected chi connectivity index (χ2v) is 5.45. The molecule has 7 nitrogen and oxygen atoms in total. The summed E-state index contributed by atoms with van der Waals surface area (Å²) >= 11 is 1.02. The molecule has 1 aliphatic rings. The van der Waals surface area contributed by atoms with Gasteiger partial charge in [0, 0.05) is 5.56 Å². The normalized spacial score (nSPS) is 33.2. The van der Waals surface area contributed by atoms with E-state index in [2.05, 4.69) is 6.58 Å². The standard InChI is InChI=1S/C12H16N2O5S/c1-2-12(18)9(16)6(3-15)19-10(12)5-4-20-8(7(5)13)11(14)17/h2,4,6,9-10,15-16,18H,1,3,13H2,(H2,14,17)/t6-,9-,10+,12-/m1/s1. The van der Waals surface area contributed by atoms with Crippen molar-refractivity contribution in [2.24, 2.45) is 5.73 Å². The van der Waals surface area contributed by atoms with Crippen molar-refractivity contribution in [3.8, 4) is 0 Å². The minimum atomic E-state index is -1.81. The molecule has 1 saturated heterocycles. The van der Waals surface area contributed by atoms with Crippen LogP contribution in [0.5, 0.6) is 0 Å². The van der Waals surface area contributed by atoms with E-state index >= 15 is 0 Å². The number of nitrogen functional groups attached to an aromatic ring is 1. The number of hydrogen-bond acceptors (Lipinski definition) is 7. The maximum atomic E-state index is 11.2. The molecule has 0 spiro atoms. The summed E-state index contributed by atoms with van der Waals surface area (Å²) in [5.74, 6) is -0.682. The molecule has 0 saturated carbocycles. The molecule has 2 rings (SSSR count). The maximum absolute atomic E-state index is 11.2. The van der Waals surface area contributed by atoms with Crippen molar-refractivity contribution >= 4 is 22.9 Å². The van der Waals surface area contributed by atoms with Gasteiger partial charge in [-0.1, -0.05) is 6.08 Å². The van der Waals surface area contributed by atoms with Crippen molar-refractivity contribution < 1.29 is 24.9 Å². The van der Waals surface area contributed by atoms with Crippen LogP contribution >= 0.6 is 11.3 Å². The number of primary amides is 1. The fraction of sp³-hybridized carbons (Fsp3) is 0.417. The number of rotatable bonds is 4. The van der Waals surface area contributed by atoms with Crippen molar-refractivity contribution in [1.29, 1.82) is 0 Å². The minimum absolute atomic E-state index is 0.0959. The molecule has 1 aromatic rings. The summed E-state index contributed by atoms with van der Waals surface area (Å²) in [4.78, 5) is 11.4. The van der Waals surface area contributed by atoms with E-state index in [9.17, 15) is 15.0 Å². The number of amides is 1. The van der Waals surface area contributed by atoms with Crippen LogP contribution in [0.1, 0.15) is 21.3 Å². The smallest absolute Gasteiger partial charge is 0.260 e. The molecule has 8 heteroatoms. The fourth-order valence-electron chi connectivity index (χ4n) is 2.28. The molecule has 4 atom stereocenters. The average molecular weight is 300 g/mol. The Kier molecular flexibility index (Phi) is 3.85. The van der Waals surface area contributed by atoms with Crippen molar-refractivity contribution in [2.75, 3.05) is 12.3 Å². The van der Waals surface area contributed by atoms with E-state index < -0.39 is 36.4 Å². The molecule has 1 aromatic heterocycles.